The molecule has 1 heterocycles. The maximum absolute atomic E-state index is 12.6. The van der Waals surface area contributed by atoms with Gasteiger partial charge >= 0.3 is 0 Å². The fourth-order valence-electron chi connectivity index (χ4n) is 4.60. The fraction of sp³-hybridized carbons (Fsp3) is 0.500. The Labute approximate surface area is 222 Å². The molecular weight excluding hydrogens is 466 g/mol. The van der Waals surface area contributed by atoms with Crippen molar-refractivity contribution in [2.24, 2.45) is 0 Å². The van der Waals surface area contributed by atoms with Crippen LogP contribution in [0.3, 0.4) is 0 Å². The van der Waals surface area contributed by atoms with Gasteiger partial charge in [-0.15, -0.1) is 0 Å². The number of hydrazine groups is 1. The molecule has 1 aliphatic heterocycles. The van der Waals surface area contributed by atoms with Crippen LogP contribution in [0, 0.1) is 13.8 Å². The molecule has 0 spiro atoms. The van der Waals surface area contributed by atoms with E-state index in [1.54, 1.807) is 26.4 Å². The molecule has 0 aliphatic carbocycles. The number of nitrogens with zero attached hydrogens (tertiary/aromatic N) is 2. The highest BCUT2D eigenvalue weighted by atomic mass is 16.5. The molecule has 202 valence electrons. The minimum Gasteiger partial charge on any atom is -0.493 e. The van der Waals surface area contributed by atoms with E-state index >= 15 is 0 Å². The van der Waals surface area contributed by atoms with Crippen LogP contribution in [0.1, 0.15) is 55.7 Å². The number of unbranched alkanes of at least 4 members (excludes halogenated alkanes) is 4. The van der Waals surface area contributed by atoms with E-state index in [4.69, 9.17) is 14.2 Å². The normalized spacial score (nSPS) is 14.1. The molecule has 0 radical (unpaired) electrons. The van der Waals surface area contributed by atoms with Crippen molar-refractivity contribution in [2.45, 2.75) is 52.9 Å². The van der Waals surface area contributed by atoms with Gasteiger partial charge in [-0.25, -0.2) is 5.01 Å². The van der Waals surface area contributed by atoms with Crippen LogP contribution in [0.2, 0.25) is 0 Å². The predicted octanol–water partition coefficient (Wildman–Crippen LogP) is 5.54. The van der Waals surface area contributed by atoms with Crippen LogP contribution in [0.5, 0.6) is 17.2 Å². The molecule has 7 heteroatoms. The van der Waals surface area contributed by atoms with Gasteiger partial charge in [0.1, 0.15) is 0 Å². The second-order valence-electron chi connectivity index (χ2n) is 9.59. The summed E-state index contributed by atoms with van der Waals surface area (Å²) in [6, 6.07) is 10.3. The number of aryl methyl sites for hydroxylation is 2. The Morgan fingerprint density at radius 3 is 2.24 bits per heavy atom. The third-order valence-electron chi connectivity index (χ3n) is 6.65. The Balaban J connectivity index is 1.53. The second-order valence-corrected chi connectivity index (χ2v) is 9.59. The van der Waals surface area contributed by atoms with Crippen molar-refractivity contribution in [2.75, 3.05) is 51.9 Å². The number of benzene rings is 2. The highest BCUT2D eigenvalue weighted by Crippen LogP contribution is 2.39. The minimum atomic E-state index is -0.162. The van der Waals surface area contributed by atoms with Crippen molar-refractivity contribution in [3.05, 3.63) is 53.1 Å². The van der Waals surface area contributed by atoms with Crippen LogP contribution >= 0.6 is 0 Å². The molecule has 3 rings (SSSR count). The molecule has 7 nitrogen and oxygen atoms in total. The zero-order valence-electron chi connectivity index (χ0n) is 23.1. The van der Waals surface area contributed by atoms with Gasteiger partial charge in [-0.2, -0.15) is 0 Å². The van der Waals surface area contributed by atoms with Crippen molar-refractivity contribution in [1.82, 2.24) is 10.4 Å². The van der Waals surface area contributed by atoms with Crippen molar-refractivity contribution < 1.29 is 19.0 Å². The molecule has 0 bridgehead atoms. The van der Waals surface area contributed by atoms with Gasteiger partial charge in [0.05, 0.1) is 20.8 Å². The largest absolute Gasteiger partial charge is 0.493 e. The van der Waals surface area contributed by atoms with Gasteiger partial charge in [0.2, 0.25) is 5.75 Å². The lowest BCUT2D eigenvalue weighted by molar-refractivity contribution is -0.121. The van der Waals surface area contributed by atoms with Gasteiger partial charge in [-0.1, -0.05) is 50.3 Å². The molecule has 0 atom stereocenters. The fourth-order valence-corrected chi connectivity index (χ4v) is 4.60. The zero-order chi connectivity index (χ0) is 26.6. The number of amides is 1. The van der Waals surface area contributed by atoms with Crippen molar-refractivity contribution in [1.29, 1.82) is 0 Å². The summed E-state index contributed by atoms with van der Waals surface area (Å²) in [5.41, 5.74) is 7.63. The van der Waals surface area contributed by atoms with E-state index in [0.29, 0.717) is 23.9 Å². The highest BCUT2D eigenvalue weighted by molar-refractivity contribution is 5.91. The Morgan fingerprint density at radius 2 is 1.62 bits per heavy atom. The number of nitrogens with one attached hydrogen (secondary N) is 1. The standard InChI is InChI=1S/C30H43N3O4/c1-6-7-8-9-10-19-37-30-27(35-4)21-25(22-28(30)36-5)12-14-29(34)31-33-17-15-32(16-18-33)26-13-11-23(2)20-24(26)3/h11-14,20-22H,6-10,15-19H2,1-5H3,(H,31,34)/b14-12+. The molecule has 1 saturated heterocycles. The SMILES string of the molecule is CCCCCCCOc1c(OC)cc(/C=C/C(=O)NN2CCN(c3ccc(C)cc3C)CC2)cc1OC. The molecule has 1 aliphatic rings. The highest BCUT2D eigenvalue weighted by Gasteiger charge is 2.19. The predicted molar refractivity (Wildman–Crippen MR) is 151 cm³/mol. The van der Waals surface area contributed by atoms with Gasteiger partial charge in [-0.05, 0) is 55.7 Å². The lowest BCUT2D eigenvalue weighted by Gasteiger charge is -2.36. The molecule has 0 aromatic heterocycles. The van der Waals surface area contributed by atoms with Crippen LogP contribution in [-0.4, -0.2) is 57.9 Å². The lowest BCUT2D eigenvalue weighted by atomic mass is 10.1. The number of hydrogen-bond acceptors (Lipinski definition) is 6. The molecular formula is C30H43N3O4. The molecule has 0 saturated carbocycles. The number of anilines is 1. The Morgan fingerprint density at radius 1 is 0.946 bits per heavy atom. The maximum atomic E-state index is 12.6. The van der Waals surface area contributed by atoms with Crippen LogP contribution in [-0.2, 0) is 4.79 Å². The molecule has 1 amide bonds. The van der Waals surface area contributed by atoms with E-state index in [1.807, 2.05) is 17.1 Å². The number of hydrogen-bond donors (Lipinski definition) is 1. The molecule has 1 N–H and O–H groups in total. The van der Waals surface area contributed by atoms with Crippen LogP contribution in [0.4, 0.5) is 5.69 Å². The first-order valence-corrected chi connectivity index (χ1v) is 13.4. The van der Waals surface area contributed by atoms with Crippen molar-refractivity contribution in [3.63, 3.8) is 0 Å². The molecule has 2 aromatic carbocycles. The van der Waals surface area contributed by atoms with Crippen LogP contribution < -0.4 is 24.5 Å². The van der Waals surface area contributed by atoms with Gasteiger partial charge in [0, 0.05) is 37.9 Å². The average molecular weight is 510 g/mol. The van der Waals surface area contributed by atoms with Crippen LogP contribution in [0.15, 0.2) is 36.4 Å². The van der Waals surface area contributed by atoms with E-state index in [9.17, 15) is 4.79 Å². The van der Waals surface area contributed by atoms with Crippen LogP contribution in [0.25, 0.3) is 6.08 Å². The van der Waals surface area contributed by atoms with Crippen molar-refractivity contribution in [3.8, 4) is 17.2 Å². The van der Waals surface area contributed by atoms with E-state index in [1.165, 1.54) is 36.1 Å². The summed E-state index contributed by atoms with van der Waals surface area (Å²) in [5, 5.41) is 1.98. The minimum absolute atomic E-state index is 0.162. The molecule has 37 heavy (non-hydrogen) atoms. The first-order valence-electron chi connectivity index (χ1n) is 13.4. The number of piperazine rings is 1. The maximum Gasteiger partial charge on any atom is 0.258 e. The zero-order valence-corrected chi connectivity index (χ0v) is 23.1. The monoisotopic (exact) mass is 509 g/mol. The summed E-state index contributed by atoms with van der Waals surface area (Å²) in [7, 11) is 3.22. The van der Waals surface area contributed by atoms with E-state index < -0.39 is 0 Å². The van der Waals surface area contributed by atoms with Gasteiger partial charge in [0.15, 0.2) is 11.5 Å². The summed E-state index contributed by atoms with van der Waals surface area (Å²) in [4.78, 5) is 15.0. The quantitative estimate of drug-likeness (QED) is 0.283. The third kappa shape index (κ3) is 8.42. The number of carbonyl (C=O) groups is 1. The summed E-state index contributed by atoms with van der Waals surface area (Å²) in [5.74, 6) is 1.63. The molecule has 2 aromatic rings. The Kier molecular flexibility index (Phi) is 11.1. The van der Waals surface area contributed by atoms with Gasteiger partial charge in [0.25, 0.3) is 5.91 Å². The number of carbonyl (C=O) groups excluding carboxylic acids is 1. The summed E-state index contributed by atoms with van der Waals surface area (Å²) < 4.78 is 17.1. The number of ether oxygens (including phenoxy) is 3. The molecule has 1 fully saturated rings. The lowest BCUT2D eigenvalue weighted by Crippen LogP contribution is -2.53. The van der Waals surface area contributed by atoms with Gasteiger partial charge < -0.3 is 19.1 Å². The number of methoxy groups -OCH3 is 2. The van der Waals surface area contributed by atoms with E-state index in [-0.39, 0.29) is 5.91 Å². The van der Waals surface area contributed by atoms with Gasteiger partial charge in [-0.3, -0.25) is 10.2 Å². The van der Waals surface area contributed by atoms with E-state index in [2.05, 4.69) is 49.3 Å². The third-order valence-corrected chi connectivity index (χ3v) is 6.65. The number of rotatable bonds is 13. The first kappa shape index (κ1) is 28.4. The molecule has 0 unspecified atom stereocenters. The Bertz CT molecular complexity index is 1020. The summed E-state index contributed by atoms with van der Waals surface area (Å²) in [6.07, 6.45) is 9.15. The average Bonchev–Trinajstić information content (AvgIpc) is 2.90. The Hall–Kier alpha value is -3.19. The topological polar surface area (TPSA) is 63.3 Å². The second kappa shape index (κ2) is 14.5. The van der Waals surface area contributed by atoms with E-state index in [0.717, 1.165) is 44.6 Å². The summed E-state index contributed by atoms with van der Waals surface area (Å²) >= 11 is 0. The van der Waals surface area contributed by atoms with Crippen molar-refractivity contribution >= 4 is 17.7 Å². The summed E-state index contributed by atoms with van der Waals surface area (Å²) in [6.45, 7) is 10.3. The first-order chi connectivity index (χ1) is 17.9. The smallest absolute Gasteiger partial charge is 0.258 e.